The van der Waals surface area contributed by atoms with Gasteiger partial charge in [0.2, 0.25) is 0 Å². The van der Waals surface area contributed by atoms with Gasteiger partial charge in [-0.25, -0.2) is 0 Å². The molecule has 0 bridgehead atoms. The van der Waals surface area contributed by atoms with Crippen LogP contribution in [0.4, 0.5) is 0 Å². The second-order valence-corrected chi connectivity index (χ2v) is 0.238. The van der Waals surface area contributed by atoms with E-state index in [1.807, 2.05) is 0 Å². The zero-order valence-corrected chi connectivity index (χ0v) is 4.10. The predicted octanol–water partition coefficient (Wildman–Crippen LogP) is -0.467. The molecule has 0 saturated carbocycles. The first-order valence-corrected chi connectivity index (χ1v) is 1.37. The molecule has 1 N–H and O–H groups in total. The van der Waals surface area contributed by atoms with Crippen molar-refractivity contribution in [3.05, 3.63) is 10.1 Å². The van der Waals surface area contributed by atoms with Gasteiger partial charge in [-0.3, -0.25) is 0 Å². The molecule has 0 spiro atoms. The van der Waals surface area contributed by atoms with Crippen molar-refractivity contribution in [3.8, 4) is 0 Å². The van der Waals surface area contributed by atoms with Crippen LogP contribution in [0.25, 0.3) is 0 Å². The van der Waals surface area contributed by atoms with Gasteiger partial charge in [-0.1, -0.05) is 0 Å². The molecule has 44 valence electrons. The molecule has 0 aliphatic rings. The molecule has 0 aliphatic heterocycles. The van der Waals surface area contributed by atoms with Crippen LogP contribution in [-0.2, 0) is 0.288 Å². The van der Waals surface area contributed by atoms with Crippen LogP contribution >= 0.6 is 0 Å². The van der Waals surface area contributed by atoms with Gasteiger partial charge in [-0.05, 0) is 0 Å². The summed E-state index contributed by atoms with van der Waals surface area (Å²) in [6.45, 7) is 0. The van der Waals surface area contributed by atoms with Crippen LogP contribution in [0.3, 0.4) is 0 Å². The summed E-state index contributed by atoms with van der Waals surface area (Å²) in [5.41, 5.74) is 0. The summed E-state index contributed by atoms with van der Waals surface area (Å²) < 4.78 is 8.11. The summed E-state index contributed by atoms with van der Waals surface area (Å²) in [5, 5.41) is 13.6. The maximum atomic E-state index is 8.36. The Bertz CT molecular complexity index is 38.8. The Hall–Kier alpha value is 0.519. The molecule has 0 amide bonds. The van der Waals surface area contributed by atoms with Crippen molar-refractivity contribution < 1.29 is 55.4 Å². The molecule has 0 heterocycles. The third-order valence-corrected chi connectivity index (χ3v) is 0. The summed E-state index contributed by atoms with van der Waals surface area (Å²) >= 11 is 1.44. The molecule has 5 nitrogen and oxygen atoms in total. The van der Waals surface area contributed by atoms with Crippen molar-refractivity contribution in [2.45, 2.75) is 0 Å². The molecular weight excluding hydrogens is 251 g/mol. The van der Waals surface area contributed by atoms with Gasteiger partial charge in [0.25, 0.3) is 5.09 Å². The van der Waals surface area contributed by atoms with Crippen molar-refractivity contribution in [1.29, 1.82) is 0 Å². The summed E-state index contributed by atoms with van der Waals surface area (Å²) in [6.07, 6.45) is 0. The summed E-state index contributed by atoms with van der Waals surface area (Å²) in [7, 11) is 0. The van der Waals surface area contributed by atoms with Crippen LogP contribution < -0.4 is 0 Å². The SMILES string of the molecule is O=[N+]([O-])O.[O]=[Yb]. The Balaban J connectivity index is 0. The molecule has 0 aromatic carbocycles. The molecule has 6 heavy (non-hydrogen) atoms. The molecule has 0 radical (unpaired) electrons. The van der Waals surface area contributed by atoms with Gasteiger partial charge >= 0.3 is 45.1 Å². The Morgan fingerprint density at radius 3 is 1.67 bits per heavy atom. The first kappa shape index (κ1) is 9.72. The molecule has 0 saturated heterocycles. The van der Waals surface area contributed by atoms with Crippen LogP contribution in [-0.4, -0.2) is 10.3 Å². The topological polar surface area (TPSA) is 80.4 Å². The minimum atomic E-state index is -1.50. The third kappa shape index (κ3) is 207. The second-order valence-electron chi connectivity index (χ2n) is 0.238. The fourth-order valence-corrected chi connectivity index (χ4v) is 0. The molecule has 6 heteroatoms. The average Bonchev–Trinajstić information content (AvgIpc) is 1.41. The maximum absolute atomic E-state index is 8.36. The zero-order chi connectivity index (χ0) is 5.58. The van der Waals surface area contributed by atoms with E-state index in [0.717, 1.165) is 0 Å². The van der Waals surface area contributed by atoms with Gasteiger partial charge in [0.05, 0.1) is 0 Å². The van der Waals surface area contributed by atoms with E-state index in [1.54, 1.807) is 0 Å². The Labute approximate surface area is 64.7 Å². The van der Waals surface area contributed by atoms with E-state index in [2.05, 4.69) is 0 Å². The summed E-state index contributed by atoms with van der Waals surface area (Å²) in [5.74, 6) is 0. The van der Waals surface area contributed by atoms with E-state index >= 15 is 0 Å². The van der Waals surface area contributed by atoms with E-state index in [0.29, 0.717) is 0 Å². The van der Waals surface area contributed by atoms with Gasteiger partial charge in [-0.15, -0.1) is 10.1 Å². The number of nitrogens with zero attached hydrogens (tertiary/aromatic N) is 1. The molecule has 0 aromatic heterocycles. The summed E-state index contributed by atoms with van der Waals surface area (Å²) in [4.78, 5) is 8.36. The molecular formula is HNO4Yb. The predicted molar refractivity (Wildman–Crippen MR) is 9.47 cm³/mol. The fourth-order valence-electron chi connectivity index (χ4n) is 0. The Kier molecular flexibility index (Phi) is 14.8. The van der Waals surface area contributed by atoms with Crippen molar-refractivity contribution in [2.75, 3.05) is 0 Å². The van der Waals surface area contributed by atoms with Gasteiger partial charge < -0.3 is 5.21 Å². The van der Waals surface area contributed by atoms with Gasteiger partial charge in [0, 0.05) is 0 Å². The third-order valence-electron chi connectivity index (χ3n) is 0. The monoisotopic (exact) mass is 253 g/mol. The molecule has 0 aliphatic carbocycles. The normalized spacial score (nSPS) is 5.00. The van der Waals surface area contributed by atoms with E-state index in [4.69, 9.17) is 15.6 Å². The van der Waals surface area contributed by atoms with Crippen molar-refractivity contribution in [2.24, 2.45) is 0 Å². The van der Waals surface area contributed by atoms with Gasteiger partial charge in [-0.2, -0.15) is 0 Å². The molecule has 0 atom stereocenters. The molecule has 0 rings (SSSR count). The van der Waals surface area contributed by atoms with E-state index in [9.17, 15) is 0 Å². The van der Waals surface area contributed by atoms with E-state index in [-0.39, 0.29) is 0 Å². The van der Waals surface area contributed by atoms with Gasteiger partial charge in [0.15, 0.2) is 0 Å². The molecule has 0 aromatic rings. The first-order valence-electron chi connectivity index (χ1n) is 0.674. The number of rotatable bonds is 0. The quantitative estimate of drug-likeness (QED) is 0.467. The number of hydrogen-bond acceptors (Lipinski definition) is 3. The molecule has 0 fully saturated rings. The Morgan fingerprint density at radius 1 is 1.67 bits per heavy atom. The minimum absolute atomic E-state index is 1.44. The van der Waals surface area contributed by atoms with Gasteiger partial charge in [0.1, 0.15) is 0 Å². The fraction of sp³-hybridized carbons (Fsp3) is 0. The van der Waals surface area contributed by atoms with Crippen LogP contribution in [0.15, 0.2) is 0 Å². The van der Waals surface area contributed by atoms with Crippen molar-refractivity contribution in [3.63, 3.8) is 0 Å². The standard InChI is InChI=1S/HNO3.O.Yb/c2-1(3)4;;/h(H,2,3,4);;. The summed E-state index contributed by atoms with van der Waals surface area (Å²) in [6, 6.07) is 0. The first-order chi connectivity index (χ1) is 2.73. The Morgan fingerprint density at radius 2 is 1.67 bits per heavy atom. The van der Waals surface area contributed by atoms with Crippen LogP contribution in [0.2, 0.25) is 0 Å². The molecule has 0 unspecified atom stereocenters. The average molecular weight is 252 g/mol. The van der Waals surface area contributed by atoms with E-state index < -0.39 is 5.09 Å². The van der Waals surface area contributed by atoms with Crippen LogP contribution in [0.1, 0.15) is 0 Å². The second kappa shape index (κ2) is 9.10. The van der Waals surface area contributed by atoms with Crippen molar-refractivity contribution >= 4 is 0 Å². The van der Waals surface area contributed by atoms with Crippen LogP contribution in [0.5, 0.6) is 0 Å². The van der Waals surface area contributed by atoms with E-state index in [1.165, 1.54) is 44.8 Å². The number of hydrogen-bond donors (Lipinski definition) is 1. The zero-order valence-electron chi connectivity index (χ0n) is 2.39. The van der Waals surface area contributed by atoms with Crippen molar-refractivity contribution in [1.82, 2.24) is 0 Å². The van der Waals surface area contributed by atoms with Crippen LogP contribution in [0, 0.1) is 54.9 Å².